The van der Waals surface area contributed by atoms with Crippen LogP contribution in [0.15, 0.2) is 22.7 Å². The van der Waals surface area contributed by atoms with Crippen LogP contribution in [0, 0.1) is 12.7 Å². The number of rotatable bonds is 5. The fourth-order valence-corrected chi connectivity index (χ4v) is 1.89. The highest BCUT2D eigenvalue weighted by molar-refractivity contribution is 5.51. The summed E-state index contributed by atoms with van der Waals surface area (Å²) in [6.45, 7) is 4.38. The van der Waals surface area contributed by atoms with Gasteiger partial charge in [0.2, 0.25) is 0 Å². The topological polar surface area (TPSA) is 47.3 Å². The standard InChI is InChI=1S/C14H17FN2O2/c1-4-12-14(9(2)17-19-12)16-8-10-5-6-13(18-3)11(15)7-10/h5-7,16H,4,8H2,1-3H3. The predicted molar refractivity (Wildman–Crippen MR) is 70.9 cm³/mol. The van der Waals surface area contributed by atoms with Gasteiger partial charge in [-0.3, -0.25) is 0 Å². The number of nitrogens with zero attached hydrogens (tertiary/aromatic N) is 1. The molecule has 0 bridgehead atoms. The van der Waals surface area contributed by atoms with Gasteiger partial charge in [0, 0.05) is 13.0 Å². The van der Waals surface area contributed by atoms with Crippen LogP contribution in [0.3, 0.4) is 0 Å². The molecule has 4 nitrogen and oxygen atoms in total. The van der Waals surface area contributed by atoms with Gasteiger partial charge in [-0.25, -0.2) is 4.39 Å². The maximum atomic E-state index is 13.6. The molecule has 1 heterocycles. The van der Waals surface area contributed by atoms with Crippen LogP contribution in [-0.2, 0) is 13.0 Å². The highest BCUT2D eigenvalue weighted by atomic mass is 19.1. The van der Waals surface area contributed by atoms with E-state index in [4.69, 9.17) is 9.26 Å². The van der Waals surface area contributed by atoms with E-state index in [0.29, 0.717) is 6.54 Å². The van der Waals surface area contributed by atoms with Crippen molar-refractivity contribution < 1.29 is 13.7 Å². The molecule has 0 atom stereocenters. The van der Waals surface area contributed by atoms with Gasteiger partial charge in [0.25, 0.3) is 0 Å². The van der Waals surface area contributed by atoms with Crippen LogP contribution in [0.4, 0.5) is 10.1 Å². The highest BCUT2D eigenvalue weighted by Crippen LogP contribution is 2.22. The molecule has 1 N–H and O–H groups in total. The Hall–Kier alpha value is -2.04. The summed E-state index contributed by atoms with van der Waals surface area (Å²) in [6.07, 6.45) is 0.764. The Morgan fingerprint density at radius 2 is 2.21 bits per heavy atom. The number of anilines is 1. The number of nitrogens with one attached hydrogen (secondary N) is 1. The van der Waals surface area contributed by atoms with Gasteiger partial charge in [-0.1, -0.05) is 18.1 Å². The van der Waals surface area contributed by atoms with Gasteiger partial charge in [0.15, 0.2) is 17.3 Å². The maximum absolute atomic E-state index is 13.6. The van der Waals surface area contributed by atoms with Crippen LogP contribution in [0.2, 0.25) is 0 Å². The van der Waals surface area contributed by atoms with Gasteiger partial charge in [0.1, 0.15) is 11.4 Å². The first-order valence-electron chi connectivity index (χ1n) is 6.17. The summed E-state index contributed by atoms with van der Waals surface area (Å²) >= 11 is 0. The molecule has 19 heavy (non-hydrogen) atoms. The molecule has 2 aromatic rings. The Kier molecular flexibility index (Phi) is 4.04. The van der Waals surface area contributed by atoms with Gasteiger partial charge in [-0.05, 0) is 24.6 Å². The van der Waals surface area contributed by atoms with E-state index in [1.54, 1.807) is 6.07 Å². The van der Waals surface area contributed by atoms with Crippen LogP contribution < -0.4 is 10.1 Å². The van der Waals surface area contributed by atoms with E-state index in [2.05, 4.69) is 10.5 Å². The molecule has 0 saturated heterocycles. The first-order chi connectivity index (χ1) is 9.15. The SMILES string of the molecule is CCc1onc(C)c1NCc1ccc(OC)c(F)c1. The zero-order valence-corrected chi connectivity index (χ0v) is 11.3. The number of aryl methyl sites for hydroxylation is 2. The van der Waals surface area contributed by atoms with E-state index in [1.807, 2.05) is 19.9 Å². The first-order valence-corrected chi connectivity index (χ1v) is 6.17. The summed E-state index contributed by atoms with van der Waals surface area (Å²) in [5, 5.41) is 7.14. The summed E-state index contributed by atoms with van der Waals surface area (Å²) in [5.74, 6) is 0.699. The Bertz CT molecular complexity index is 567. The van der Waals surface area contributed by atoms with Gasteiger partial charge >= 0.3 is 0 Å². The average molecular weight is 264 g/mol. The van der Waals surface area contributed by atoms with E-state index in [9.17, 15) is 4.39 Å². The number of aromatic nitrogens is 1. The largest absolute Gasteiger partial charge is 0.494 e. The summed E-state index contributed by atoms with van der Waals surface area (Å²) in [4.78, 5) is 0. The average Bonchev–Trinajstić information content (AvgIpc) is 2.77. The van der Waals surface area contributed by atoms with Crippen molar-refractivity contribution in [1.29, 1.82) is 0 Å². The number of benzene rings is 1. The van der Waals surface area contributed by atoms with E-state index in [0.717, 1.165) is 29.1 Å². The minimum absolute atomic E-state index is 0.249. The zero-order chi connectivity index (χ0) is 13.8. The van der Waals surface area contributed by atoms with E-state index in [-0.39, 0.29) is 11.6 Å². The number of ether oxygens (including phenoxy) is 1. The van der Waals surface area contributed by atoms with Crippen molar-refractivity contribution in [3.8, 4) is 5.75 Å². The Balaban J connectivity index is 2.10. The monoisotopic (exact) mass is 264 g/mol. The summed E-state index contributed by atoms with van der Waals surface area (Å²) < 4.78 is 23.6. The second kappa shape index (κ2) is 5.73. The third kappa shape index (κ3) is 2.86. The van der Waals surface area contributed by atoms with E-state index in [1.165, 1.54) is 13.2 Å². The smallest absolute Gasteiger partial charge is 0.165 e. The lowest BCUT2D eigenvalue weighted by atomic mass is 10.2. The Labute approximate surface area is 111 Å². The molecule has 0 saturated carbocycles. The van der Waals surface area contributed by atoms with Crippen molar-refractivity contribution in [2.45, 2.75) is 26.8 Å². The van der Waals surface area contributed by atoms with Gasteiger partial charge < -0.3 is 14.6 Å². The molecule has 0 fully saturated rings. The fourth-order valence-electron chi connectivity index (χ4n) is 1.89. The summed E-state index contributed by atoms with van der Waals surface area (Å²) in [7, 11) is 1.45. The molecule has 0 amide bonds. The third-order valence-electron chi connectivity index (χ3n) is 2.94. The molecular formula is C14H17FN2O2. The molecule has 1 aromatic heterocycles. The molecule has 0 unspecified atom stereocenters. The zero-order valence-electron chi connectivity index (χ0n) is 11.3. The van der Waals surface area contributed by atoms with Crippen LogP contribution in [0.1, 0.15) is 23.9 Å². The van der Waals surface area contributed by atoms with Crippen molar-refractivity contribution in [1.82, 2.24) is 5.16 Å². The van der Waals surface area contributed by atoms with Crippen molar-refractivity contribution >= 4 is 5.69 Å². The molecule has 5 heteroatoms. The molecule has 0 aliphatic carbocycles. The van der Waals surface area contributed by atoms with Crippen LogP contribution in [-0.4, -0.2) is 12.3 Å². The molecule has 0 aliphatic rings. The van der Waals surface area contributed by atoms with Gasteiger partial charge in [0.05, 0.1) is 7.11 Å². The molecule has 0 radical (unpaired) electrons. The van der Waals surface area contributed by atoms with Crippen LogP contribution in [0.5, 0.6) is 5.75 Å². The molecule has 0 spiro atoms. The van der Waals surface area contributed by atoms with Crippen molar-refractivity contribution in [3.63, 3.8) is 0 Å². The fraction of sp³-hybridized carbons (Fsp3) is 0.357. The van der Waals surface area contributed by atoms with Crippen molar-refractivity contribution in [2.24, 2.45) is 0 Å². The maximum Gasteiger partial charge on any atom is 0.165 e. The number of hydrogen-bond donors (Lipinski definition) is 1. The second-order valence-electron chi connectivity index (χ2n) is 4.24. The minimum Gasteiger partial charge on any atom is -0.494 e. The number of hydrogen-bond acceptors (Lipinski definition) is 4. The predicted octanol–water partition coefficient (Wildman–Crippen LogP) is 3.31. The summed E-state index contributed by atoms with van der Waals surface area (Å²) in [6, 6.07) is 4.90. The number of halogens is 1. The van der Waals surface area contributed by atoms with E-state index >= 15 is 0 Å². The molecule has 102 valence electrons. The van der Waals surface area contributed by atoms with Gasteiger partial charge in [-0.2, -0.15) is 0 Å². The van der Waals surface area contributed by atoms with Crippen molar-refractivity contribution in [3.05, 3.63) is 41.0 Å². The first kappa shape index (κ1) is 13.4. The number of methoxy groups -OCH3 is 1. The molecule has 1 aromatic carbocycles. The lowest BCUT2D eigenvalue weighted by Crippen LogP contribution is -2.02. The quantitative estimate of drug-likeness (QED) is 0.900. The lowest BCUT2D eigenvalue weighted by Gasteiger charge is -2.08. The van der Waals surface area contributed by atoms with E-state index < -0.39 is 0 Å². The summed E-state index contributed by atoms with van der Waals surface area (Å²) in [5.41, 5.74) is 2.53. The van der Waals surface area contributed by atoms with Crippen LogP contribution >= 0.6 is 0 Å². The minimum atomic E-state index is -0.362. The third-order valence-corrected chi connectivity index (χ3v) is 2.94. The lowest BCUT2D eigenvalue weighted by molar-refractivity contribution is 0.383. The highest BCUT2D eigenvalue weighted by Gasteiger charge is 2.11. The second-order valence-corrected chi connectivity index (χ2v) is 4.24. The van der Waals surface area contributed by atoms with Crippen molar-refractivity contribution in [2.75, 3.05) is 12.4 Å². The normalized spacial score (nSPS) is 10.5. The Morgan fingerprint density at radius 3 is 2.84 bits per heavy atom. The Morgan fingerprint density at radius 1 is 1.42 bits per heavy atom. The van der Waals surface area contributed by atoms with Crippen LogP contribution in [0.25, 0.3) is 0 Å². The molecule has 2 rings (SSSR count). The molecular weight excluding hydrogens is 247 g/mol. The molecule has 0 aliphatic heterocycles. The van der Waals surface area contributed by atoms with Gasteiger partial charge in [-0.15, -0.1) is 0 Å².